The molecule has 0 saturated heterocycles. The van der Waals surface area contributed by atoms with Crippen molar-refractivity contribution < 1.29 is 14.3 Å². The first kappa shape index (κ1) is 17.0. The van der Waals surface area contributed by atoms with Crippen LogP contribution in [0.3, 0.4) is 0 Å². The van der Waals surface area contributed by atoms with Crippen molar-refractivity contribution in [3.8, 4) is 0 Å². The van der Waals surface area contributed by atoms with Crippen LogP contribution in [-0.4, -0.2) is 19.1 Å². The number of ether oxygens (including phenoxy) is 1. The number of carbonyl (C=O) groups is 2. The average Bonchev–Trinajstić information content (AvgIpc) is 3.08. The van der Waals surface area contributed by atoms with Gasteiger partial charge in [-0.05, 0) is 23.9 Å². The molecule has 6 heteroatoms. The number of hydrogen-bond donors (Lipinski definition) is 2. The van der Waals surface area contributed by atoms with Gasteiger partial charge >= 0.3 is 12.0 Å². The second-order valence-electron chi connectivity index (χ2n) is 5.16. The molecule has 2 aromatic rings. The van der Waals surface area contributed by atoms with Crippen molar-refractivity contribution in [1.82, 2.24) is 10.6 Å². The Kier molecular flexibility index (Phi) is 6.17. The summed E-state index contributed by atoms with van der Waals surface area (Å²) in [4.78, 5) is 24.5. The first-order valence-corrected chi connectivity index (χ1v) is 8.16. The SMILES string of the molecule is COC(=O)C[C@@H](NC(=O)NCc1ccc(C)cc1)c1cccs1. The van der Waals surface area contributed by atoms with Gasteiger partial charge in [0.25, 0.3) is 0 Å². The van der Waals surface area contributed by atoms with E-state index >= 15 is 0 Å². The molecule has 0 aliphatic heterocycles. The lowest BCUT2D eigenvalue weighted by Crippen LogP contribution is -2.38. The number of methoxy groups -OCH3 is 1. The first-order chi connectivity index (χ1) is 11.1. The number of carbonyl (C=O) groups excluding carboxylic acids is 2. The van der Waals surface area contributed by atoms with Crippen LogP contribution in [0.1, 0.15) is 28.5 Å². The van der Waals surface area contributed by atoms with Crippen LogP contribution in [-0.2, 0) is 16.1 Å². The number of aryl methyl sites for hydroxylation is 1. The maximum atomic E-state index is 12.1. The molecule has 0 bridgehead atoms. The maximum absolute atomic E-state index is 12.1. The Morgan fingerprint density at radius 2 is 1.96 bits per heavy atom. The topological polar surface area (TPSA) is 67.4 Å². The van der Waals surface area contributed by atoms with Gasteiger partial charge in [-0.1, -0.05) is 35.9 Å². The van der Waals surface area contributed by atoms with E-state index in [-0.39, 0.29) is 24.5 Å². The standard InChI is InChI=1S/C17H20N2O3S/c1-12-5-7-13(8-6-12)11-18-17(21)19-14(10-16(20)22-2)15-4-3-9-23-15/h3-9,14H,10-11H2,1-2H3,(H2,18,19,21)/t14-/m1/s1. The quantitative estimate of drug-likeness (QED) is 0.799. The molecule has 0 aliphatic carbocycles. The van der Waals surface area contributed by atoms with Gasteiger partial charge in [-0.15, -0.1) is 11.3 Å². The van der Waals surface area contributed by atoms with Crippen molar-refractivity contribution in [2.75, 3.05) is 7.11 Å². The summed E-state index contributed by atoms with van der Waals surface area (Å²) >= 11 is 1.49. The van der Waals surface area contributed by atoms with E-state index in [1.54, 1.807) is 0 Å². The van der Waals surface area contributed by atoms with E-state index in [1.165, 1.54) is 24.0 Å². The Balaban J connectivity index is 1.91. The Labute approximate surface area is 139 Å². The Hall–Kier alpha value is -2.34. The molecule has 0 aliphatic rings. The molecule has 1 aromatic heterocycles. The molecule has 2 amide bonds. The van der Waals surface area contributed by atoms with Crippen molar-refractivity contribution in [3.63, 3.8) is 0 Å². The van der Waals surface area contributed by atoms with Crippen LogP contribution in [0, 0.1) is 6.92 Å². The van der Waals surface area contributed by atoms with E-state index in [4.69, 9.17) is 4.74 Å². The minimum atomic E-state index is -0.388. The van der Waals surface area contributed by atoms with Crippen LogP contribution in [0.5, 0.6) is 0 Å². The molecule has 2 N–H and O–H groups in total. The van der Waals surface area contributed by atoms with E-state index in [9.17, 15) is 9.59 Å². The zero-order valence-electron chi connectivity index (χ0n) is 13.2. The molecule has 23 heavy (non-hydrogen) atoms. The third-order valence-corrected chi connectivity index (χ3v) is 4.35. The molecule has 5 nitrogen and oxygen atoms in total. The minimum absolute atomic E-state index is 0.106. The molecular weight excluding hydrogens is 312 g/mol. The minimum Gasteiger partial charge on any atom is -0.469 e. The fourth-order valence-corrected chi connectivity index (χ4v) is 2.84. The summed E-state index contributed by atoms with van der Waals surface area (Å²) in [5, 5.41) is 7.54. The van der Waals surface area contributed by atoms with E-state index < -0.39 is 0 Å². The summed E-state index contributed by atoms with van der Waals surface area (Å²) in [5.41, 5.74) is 2.19. The van der Waals surface area contributed by atoms with E-state index in [1.807, 2.05) is 48.7 Å². The summed E-state index contributed by atoms with van der Waals surface area (Å²) in [6.45, 7) is 2.45. The fraction of sp³-hybridized carbons (Fsp3) is 0.294. The van der Waals surface area contributed by atoms with Crippen molar-refractivity contribution in [1.29, 1.82) is 0 Å². The monoisotopic (exact) mass is 332 g/mol. The highest BCUT2D eigenvalue weighted by atomic mass is 32.1. The lowest BCUT2D eigenvalue weighted by Gasteiger charge is -2.17. The smallest absolute Gasteiger partial charge is 0.315 e. The Bertz CT molecular complexity index is 638. The number of rotatable bonds is 6. The average molecular weight is 332 g/mol. The number of nitrogens with one attached hydrogen (secondary N) is 2. The summed E-state index contributed by atoms with van der Waals surface area (Å²) in [7, 11) is 1.34. The van der Waals surface area contributed by atoms with Crippen molar-refractivity contribution >= 4 is 23.3 Å². The van der Waals surface area contributed by atoms with Gasteiger partial charge in [-0.25, -0.2) is 4.79 Å². The zero-order valence-corrected chi connectivity index (χ0v) is 14.0. The molecule has 1 aromatic carbocycles. The molecule has 0 radical (unpaired) electrons. The van der Waals surface area contributed by atoms with Gasteiger partial charge in [0.05, 0.1) is 19.6 Å². The largest absolute Gasteiger partial charge is 0.469 e. The number of esters is 1. The van der Waals surface area contributed by atoms with Gasteiger partial charge in [0.1, 0.15) is 0 Å². The van der Waals surface area contributed by atoms with Gasteiger partial charge in [0.2, 0.25) is 0 Å². The molecule has 0 saturated carbocycles. The van der Waals surface area contributed by atoms with Crippen LogP contribution < -0.4 is 10.6 Å². The molecule has 0 spiro atoms. The predicted octanol–water partition coefficient (Wildman–Crippen LogP) is 3.16. The highest BCUT2D eigenvalue weighted by molar-refractivity contribution is 7.10. The van der Waals surface area contributed by atoms with Crippen LogP contribution in [0.25, 0.3) is 0 Å². The summed E-state index contributed by atoms with van der Waals surface area (Å²) < 4.78 is 4.69. The van der Waals surface area contributed by atoms with Crippen LogP contribution in [0.15, 0.2) is 41.8 Å². The predicted molar refractivity (Wildman–Crippen MR) is 90.2 cm³/mol. The highest BCUT2D eigenvalue weighted by Gasteiger charge is 2.19. The van der Waals surface area contributed by atoms with Crippen molar-refractivity contribution in [2.45, 2.75) is 25.9 Å². The number of urea groups is 1. The van der Waals surface area contributed by atoms with E-state index in [2.05, 4.69) is 10.6 Å². The van der Waals surface area contributed by atoms with Crippen molar-refractivity contribution in [2.24, 2.45) is 0 Å². The molecule has 0 unspecified atom stereocenters. The van der Waals surface area contributed by atoms with Gasteiger partial charge in [-0.3, -0.25) is 4.79 Å². The summed E-state index contributed by atoms with van der Waals surface area (Å²) in [5.74, 6) is -0.359. The fourth-order valence-electron chi connectivity index (χ4n) is 2.06. The first-order valence-electron chi connectivity index (χ1n) is 7.28. The second-order valence-corrected chi connectivity index (χ2v) is 6.14. The normalized spacial score (nSPS) is 11.6. The lowest BCUT2D eigenvalue weighted by atomic mass is 10.1. The number of thiophene rings is 1. The lowest BCUT2D eigenvalue weighted by molar-refractivity contribution is -0.141. The van der Waals surface area contributed by atoms with Gasteiger partial charge in [0, 0.05) is 11.4 Å². The third kappa shape index (κ3) is 5.41. The second kappa shape index (κ2) is 8.33. The third-order valence-electron chi connectivity index (χ3n) is 3.36. The summed E-state index contributed by atoms with van der Waals surface area (Å²) in [6.07, 6.45) is 0.106. The number of amides is 2. The summed E-state index contributed by atoms with van der Waals surface area (Å²) in [6, 6.07) is 11.0. The van der Waals surface area contributed by atoms with Crippen LogP contribution in [0.4, 0.5) is 4.79 Å². The van der Waals surface area contributed by atoms with E-state index in [0.29, 0.717) is 6.54 Å². The number of benzene rings is 1. The molecule has 1 heterocycles. The zero-order chi connectivity index (χ0) is 16.7. The Morgan fingerprint density at radius 3 is 2.57 bits per heavy atom. The number of hydrogen-bond acceptors (Lipinski definition) is 4. The molecule has 0 fully saturated rings. The molecule has 122 valence electrons. The highest BCUT2D eigenvalue weighted by Crippen LogP contribution is 2.22. The van der Waals surface area contributed by atoms with Gasteiger partial charge < -0.3 is 15.4 Å². The maximum Gasteiger partial charge on any atom is 0.315 e. The van der Waals surface area contributed by atoms with Crippen molar-refractivity contribution in [3.05, 3.63) is 57.8 Å². The Morgan fingerprint density at radius 1 is 1.22 bits per heavy atom. The molecule has 2 rings (SSSR count). The molecule has 1 atom stereocenters. The van der Waals surface area contributed by atoms with Crippen LogP contribution >= 0.6 is 11.3 Å². The molecular formula is C17H20N2O3S. The van der Waals surface area contributed by atoms with E-state index in [0.717, 1.165) is 10.4 Å². The van der Waals surface area contributed by atoms with Crippen LogP contribution in [0.2, 0.25) is 0 Å². The van der Waals surface area contributed by atoms with Gasteiger partial charge in [-0.2, -0.15) is 0 Å². The van der Waals surface area contributed by atoms with Gasteiger partial charge in [0.15, 0.2) is 0 Å².